The van der Waals surface area contributed by atoms with E-state index >= 15 is 0 Å². The molecular formula is C13H22N2O2. The van der Waals surface area contributed by atoms with Crippen LogP contribution in [-0.2, 0) is 0 Å². The molecule has 4 heteroatoms. The maximum Gasteiger partial charge on any atom is 0.125 e. The van der Waals surface area contributed by atoms with Crippen LogP contribution in [0.2, 0.25) is 0 Å². The standard InChI is InChI=1S/C13H22N2O2/c1-9(16)8-15(3)11-6-5-7-12(17-4)13(11)10(2)14/h5-7,9-10,16H,8,14H2,1-4H3. The van der Waals surface area contributed by atoms with Gasteiger partial charge < -0.3 is 20.5 Å². The van der Waals surface area contributed by atoms with Gasteiger partial charge in [0.2, 0.25) is 0 Å². The zero-order valence-corrected chi connectivity index (χ0v) is 11.0. The van der Waals surface area contributed by atoms with Crippen molar-refractivity contribution in [3.63, 3.8) is 0 Å². The lowest BCUT2D eigenvalue weighted by Gasteiger charge is -2.26. The first kappa shape index (κ1) is 13.8. The predicted molar refractivity (Wildman–Crippen MR) is 70.5 cm³/mol. The summed E-state index contributed by atoms with van der Waals surface area (Å²) in [7, 11) is 3.58. The first-order valence-corrected chi connectivity index (χ1v) is 5.79. The Bertz CT molecular complexity index is 364. The van der Waals surface area contributed by atoms with Crippen LogP contribution in [0, 0.1) is 0 Å². The van der Waals surface area contributed by atoms with Crippen molar-refractivity contribution in [1.82, 2.24) is 0 Å². The van der Waals surface area contributed by atoms with Gasteiger partial charge >= 0.3 is 0 Å². The van der Waals surface area contributed by atoms with Crippen molar-refractivity contribution in [3.05, 3.63) is 23.8 Å². The van der Waals surface area contributed by atoms with E-state index in [0.29, 0.717) is 6.54 Å². The highest BCUT2D eigenvalue weighted by Crippen LogP contribution is 2.33. The molecule has 2 unspecified atom stereocenters. The second-order valence-corrected chi connectivity index (χ2v) is 4.41. The van der Waals surface area contributed by atoms with E-state index in [1.54, 1.807) is 14.0 Å². The molecule has 0 aliphatic heterocycles. The maximum atomic E-state index is 9.44. The van der Waals surface area contributed by atoms with Gasteiger partial charge in [-0.25, -0.2) is 0 Å². The van der Waals surface area contributed by atoms with Crippen molar-refractivity contribution >= 4 is 5.69 Å². The van der Waals surface area contributed by atoms with Gasteiger partial charge in [0.15, 0.2) is 0 Å². The zero-order valence-electron chi connectivity index (χ0n) is 11.0. The van der Waals surface area contributed by atoms with Crippen LogP contribution < -0.4 is 15.4 Å². The quantitative estimate of drug-likeness (QED) is 0.817. The predicted octanol–water partition coefficient (Wildman–Crippen LogP) is 1.53. The molecule has 0 aliphatic carbocycles. The normalized spacial score (nSPS) is 14.2. The number of nitrogens with zero attached hydrogens (tertiary/aromatic N) is 1. The summed E-state index contributed by atoms with van der Waals surface area (Å²) in [4.78, 5) is 1.99. The van der Waals surface area contributed by atoms with Gasteiger partial charge in [-0.3, -0.25) is 0 Å². The number of likely N-dealkylation sites (N-methyl/N-ethyl adjacent to an activating group) is 1. The molecule has 0 aromatic heterocycles. The molecule has 0 bridgehead atoms. The number of hydrogen-bond acceptors (Lipinski definition) is 4. The highest BCUT2D eigenvalue weighted by molar-refractivity contribution is 5.60. The van der Waals surface area contributed by atoms with Crippen molar-refractivity contribution in [2.75, 3.05) is 25.6 Å². The highest BCUT2D eigenvalue weighted by atomic mass is 16.5. The zero-order chi connectivity index (χ0) is 13.0. The highest BCUT2D eigenvalue weighted by Gasteiger charge is 2.16. The van der Waals surface area contributed by atoms with Crippen LogP contribution in [0.5, 0.6) is 5.75 Å². The van der Waals surface area contributed by atoms with Gasteiger partial charge in [0.1, 0.15) is 5.75 Å². The first-order valence-electron chi connectivity index (χ1n) is 5.79. The average molecular weight is 238 g/mol. The van der Waals surface area contributed by atoms with Gasteiger partial charge in [0, 0.05) is 30.9 Å². The molecule has 2 atom stereocenters. The minimum Gasteiger partial charge on any atom is -0.496 e. The Hall–Kier alpha value is -1.26. The van der Waals surface area contributed by atoms with E-state index in [4.69, 9.17) is 10.5 Å². The minimum absolute atomic E-state index is 0.113. The Morgan fingerprint density at radius 3 is 2.53 bits per heavy atom. The maximum absolute atomic E-state index is 9.44. The summed E-state index contributed by atoms with van der Waals surface area (Å²) in [5.74, 6) is 0.787. The number of nitrogens with two attached hydrogens (primary N) is 1. The van der Waals surface area contributed by atoms with Crippen LogP contribution in [0.3, 0.4) is 0 Å². The molecule has 3 N–H and O–H groups in total. The van der Waals surface area contributed by atoms with Crippen LogP contribution in [0.1, 0.15) is 25.5 Å². The van der Waals surface area contributed by atoms with E-state index < -0.39 is 0 Å². The molecule has 1 aromatic rings. The summed E-state index contributed by atoms with van der Waals surface area (Å²) in [6, 6.07) is 5.71. The minimum atomic E-state index is -0.382. The van der Waals surface area contributed by atoms with E-state index in [0.717, 1.165) is 17.0 Å². The first-order chi connectivity index (χ1) is 7.97. The fourth-order valence-corrected chi connectivity index (χ4v) is 2.00. The van der Waals surface area contributed by atoms with Crippen molar-refractivity contribution in [2.24, 2.45) is 5.73 Å². The van der Waals surface area contributed by atoms with Crippen LogP contribution in [0.25, 0.3) is 0 Å². The van der Waals surface area contributed by atoms with Crippen molar-refractivity contribution in [2.45, 2.75) is 26.0 Å². The summed E-state index contributed by atoms with van der Waals surface area (Å²) in [6.45, 7) is 4.26. The lowest BCUT2D eigenvalue weighted by Crippen LogP contribution is -2.28. The topological polar surface area (TPSA) is 58.7 Å². The molecule has 0 saturated heterocycles. The number of aliphatic hydroxyl groups is 1. The number of ether oxygens (including phenoxy) is 1. The molecule has 96 valence electrons. The second kappa shape index (κ2) is 5.89. The Morgan fingerprint density at radius 2 is 2.06 bits per heavy atom. The number of hydrogen-bond donors (Lipinski definition) is 2. The number of rotatable bonds is 5. The molecule has 0 spiro atoms. The molecule has 0 radical (unpaired) electrons. The smallest absolute Gasteiger partial charge is 0.125 e. The number of benzene rings is 1. The third kappa shape index (κ3) is 3.35. The summed E-state index contributed by atoms with van der Waals surface area (Å²) in [5, 5.41) is 9.44. The molecule has 1 aromatic carbocycles. The van der Waals surface area contributed by atoms with E-state index in [1.165, 1.54) is 0 Å². The summed E-state index contributed by atoms with van der Waals surface area (Å²) in [5.41, 5.74) is 7.96. The van der Waals surface area contributed by atoms with Gasteiger partial charge in [-0.05, 0) is 26.0 Å². The molecule has 0 saturated carbocycles. The van der Waals surface area contributed by atoms with Crippen molar-refractivity contribution in [1.29, 1.82) is 0 Å². The Morgan fingerprint density at radius 1 is 1.41 bits per heavy atom. The molecule has 0 heterocycles. The number of methoxy groups -OCH3 is 1. The molecule has 1 rings (SSSR count). The van der Waals surface area contributed by atoms with Gasteiger partial charge in [-0.15, -0.1) is 0 Å². The van der Waals surface area contributed by atoms with Crippen LogP contribution in [-0.4, -0.2) is 31.9 Å². The summed E-state index contributed by atoms with van der Waals surface area (Å²) >= 11 is 0. The lowest BCUT2D eigenvalue weighted by molar-refractivity contribution is 0.201. The van der Waals surface area contributed by atoms with Crippen molar-refractivity contribution < 1.29 is 9.84 Å². The monoisotopic (exact) mass is 238 g/mol. The Balaban J connectivity index is 3.13. The molecular weight excluding hydrogens is 216 g/mol. The van der Waals surface area contributed by atoms with Crippen LogP contribution >= 0.6 is 0 Å². The van der Waals surface area contributed by atoms with E-state index in [2.05, 4.69) is 0 Å². The molecule has 4 nitrogen and oxygen atoms in total. The van der Waals surface area contributed by atoms with Gasteiger partial charge in [0.25, 0.3) is 0 Å². The van der Waals surface area contributed by atoms with Crippen molar-refractivity contribution in [3.8, 4) is 5.75 Å². The SMILES string of the molecule is COc1cccc(N(C)CC(C)O)c1C(C)N. The molecule has 0 amide bonds. The van der Waals surface area contributed by atoms with Crippen LogP contribution in [0.4, 0.5) is 5.69 Å². The Kier molecular flexibility index (Phi) is 4.78. The molecule has 0 fully saturated rings. The molecule has 0 aliphatic rings. The summed E-state index contributed by atoms with van der Waals surface area (Å²) < 4.78 is 5.33. The Labute approximate surface area is 103 Å². The number of aliphatic hydroxyl groups excluding tert-OH is 1. The average Bonchev–Trinajstić information content (AvgIpc) is 2.26. The third-order valence-electron chi connectivity index (χ3n) is 2.67. The van der Waals surface area contributed by atoms with Crippen LogP contribution in [0.15, 0.2) is 18.2 Å². The van der Waals surface area contributed by atoms with Gasteiger partial charge in [0.05, 0.1) is 13.2 Å². The van der Waals surface area contributed by atoms with E-state index in [1.807, 2.05) is 37.1 Å². The fourth-order valence-electron chi connectivity index (χ4n) is 2.00. The van der Waals surface area contributed by atoms with Gasteiger partial charge in [-0.1, -0.05) is 6.07 Å². The largest absolute Gasteiger partial charge is 0.496 e. The lowest BCUT2D eigenvalue weighted by atomic mass is 10.0. The molecule has 17 heavy (non-hydrogen) atoms. The van der Waals surface area contributed by atoms with Gasteiger partial charge in [-0.2, -0.15) is 0 Å². The third-order valence-corrected chi connectivity index (χ3v) is 2.67. The van der Waals surface area contributed by atoms with E-state index in [-0.39, 0.29) is 12.1 Å². The fraction of sp³-hybridized carbons (Fsp3) is 0.538. The number of anilines is 1. The van der Waals surface area contributed by atoms with E-state index in [9.17, 15) is 5.11 Å². The second-order valence-electron chi connectivity index (χ2n) is 4.41. The summed E-state index contributed by atoms with van der Waals surface area (Å²) in [6.07, 6.45) is -0.382.